The lowest BCUT2D eigenvalue weighted by Gasteiger charge is -2.10. The Balaban J connectivity index is 1.95. The zero-order chi connectivity index (χ0) is 10.7. The average molecular weight is 242 g/mol. The van der Waals surface area contributed by atoms with Gasteiger partial charge >= 0.3 is 0 Å². The SMILES string of the molecule is Nc1c(Cl)cccc1SCC1CCCC1. The summed E-state index contributed by atoms with van der Waals surface area (Å²) in [7, 11) is 0. The van der Waals surface area contributed by atoms with Crippen LogP contribution in [0.5, 0.6) is 0 Å². The molecule has 0 aliphatic heterocycles. The molecule has 1 saturated carbocycles. The molecule has 82 valence electrons. The Hall–Kier alpha value is -0.340. The fourth-order valence-electron chi connectivity index (χ4n) is 2.03. The van der Waals surface area contributed by atoms with E-state index in [0.717, 1.165) is 16.5 Å². The second kappa shape index (κ2) is 5.13. The molecule has 1 aromatic carbocycles. The van der Waals surface area contributed by atoms with Crippen LogP contribution >= 0.6 is 23.4 Å². The lowest BCUT2D eigenvalue weighted by Crippen LogP contribution is -1.97. The lowest BCUT2D eigenvalue weighted by atomic mass is 10.1. The Bertz CT molecular complexity index is 334. The third-order valence-corrected chi connectivity index (χ3v) is 4.60. The van der Waals surface area contributed by atoms with Crippen molar-refractivity contribution in [2.24, 2.45) is 5.92 Å². The van der Waals surface area contributed by atoms with E-state index in [2.05, 4.69) is 6.07 Å². The molecule has 2 rings (SSSR count). The second-order valence-corrected chi connectivity index (χ2v) is 5.58. The molecule has 1 aliphatic carbocycles. The number of rotatable bonds is 3. The van der Waals surface area contributed by atoms with E-state index in [9.17, 15) is 0 Å². The fraction of sp³-hybridized carbons (Fsp3) is 0.500. The third-order valence-electron chi connectivity index (χ3n) is 2.96. The van der Waals surface area contributed by atoms with Gasteiger partial charge < -0.3 is 5.73 Å². The van der Waals surface area contributed by atoms with E-state index in [1.807, 2.05) is 23.9 Å². The average Bonchev–Trinajstić information content (AvgIpc) is 2.73. The van der Waals surface area contributed by atoms with Crippen molar-refractivity contribution in [2.45, 2.75) is 30.6 Å². The quantitative estimate of drug-likeness (QED) is 0.634. The normalized spacial score (nSPS) is 17.1. The third kappa shape index (κ3) is 2.82. The van der Waals surface area contributed by atoms with E-state index >= 15 is 0 Å². The number of halogens is 1. The minimum atomic E-state index is 0.673. The molecule has 0 unspecified atom stereocenters. The van der Waals surface area contributed by atoms with E-state index in [1.165, 1.54) is 31.4 Å². The largest absolute Gasteiger partial charge is 0.397 e. The first-order valence-electron chi connectivity index (χ1n) is 5.44. The maximum atomic E-state index is 5.97. The van der Waals surface area contributed by atoms with Crippen LogP contribution < -0.4 is 5.73 Å². The molecular weight excluding hydrogens is 226 g/mol. The van der Waals surface area contributed by atoms with E-state index in [1.54, 1.807) is 0 Å². The van der Waals surface area contributed by atoms with Gasteiger partial charge in [0.1, 0.15) is 0 Å². The van der Waals surface area contributed by atoms with Crippen LogP contribution in [-0.2, 0) is 0 Å². The van der Waals surface area contributed by atoms with Crippen molar-refractivity contribution in [1.29, 1.82) is 0 Å². The minimum Gasteiger partial charge on any atom is -0.397 e. The first-order chi connectivity index (χ1) is 7.27. The van der Waals surface area contributed by atoms with Gasteiger partial charge in [-0.2, -0.15) is 0 Å². The summed E-state index contributed by atoms with van der Waals surface area (Å²) in [6.45, 7) is 0. The zero-order valence-corrected chi connectivity index (χ0v) is 10.3. The molecule has 1 nitrogen and oxygen atoms in total. The predicted molar refractivity (Wildman–Crippen MR) is 68.5 cm³/mol. The van der Waals surface area contributed by atoms with Crippen molar-refractivity contribution in [3.8, 4) is 0 Å². The van der Waals surface area contributed by atoms with Gasteiger partial charge in [-0.1, -0.05) is 30.5 Å². The second-order valence-electron chi connectivity index (χ2n) is 4.11. The zero-order valence-electron chi connectivity index (χ0n) is 8.71. The smallest absolute Gasteiger partial charge is 0.0646 e. The molecule has 1 aliphatic rings. The van der Waals surface area contributed by atoms with Crippen molar-refractivity contribution in [1.82, 2.24) is 0 Å². The molecule has 3 heteroatoms. The van der Waals surface area contributed by atoms with Crippen LogP contribution in [0.4, 0.5) is 5.69 Å². The number of hydrogen-bond donors (Lipinski definition) is 1. The van der Waals surface area contributed by atoms with E-state index in [-0.39, 0.29) is 0 Å². The number of thioether (sulfide) groups is 1. The molecule has 0 spiro atoms. The lowest BCUT2D eigenvalue weighted by molar-refractivity contribution is 0.623. The number of para-hydroxylation sites is 1. The highest BCUT2D eigenvalue weighted by Crippen LogP contribution is 2.35. The first kappa shape index (κ1) is 11.2. The van der Waals surface area contributed by atoms with Gasteiger partial charge in [0, 0.05) is 10.6 Å². The molecule has 2 N–H and O–H groups in total. The van der Waals surface area contributed by atoms with Crippen LogP contribution in [0, 0.1) is 5.92 Å². The molecule has 1 aromatic rings. The highest BCUT2D eigenvalue weighted by molar-refractivity contribution is 7.99. The summed E-state index contributed by atoms with van der Waals surface area (Å²) in [4.78, 5) is 1.13. The van der Waals surface area contributed by atoms with E-state index in [0.29, 0.717) is 5.02 Å². The van der Waals surface area contributed by atoms with Gasteiger partial charge in [-0.3, -0.25) is 0 Å². The van der Waals surface area contributed by atoms with Crippen LogP contribution in [0.1, 0.15) is 25.7 Å². The van der Waals surface area contributed by atoms with Crippen LogP contribution in [0.3, 0.4) is 0 Å². The van der Waals surface area contributed by atoms with Crippen molar-refractivity contribution >= 4 is 29.1 Å². The van der Waals surface area contributed by atoms with Crippen LogP contribution in [0.25, 0.3) is 0 Å². The van der Waals surface area contributed by atoms with Gasteiger partial charge in [0.15, 0.2) is 0 Å². The Morgan fingerprint density at radius 2 is 2.07 bits per heavy atom. The van der Waals surface area contributed by atoms with Gasteiger partial charge in [-0.05, 0) is 30.9 Å². The summed E-state index contributed by atoms with van der Waals surface area (Å²) < 4.78 is 0. The molecule has 0 aromatic heterocycles. The Morgan fingerprint density at radius 1 is 1.33 bits per heavy atom. The molecule has 15 heavy (non-hydrogen) atoms. The first-order valence-corrected chi connectivity index (χ1v) is 6.80. The van der Waals surface area contributed by atoms with Gasteiger partial charge in [-0.15, -0.1) is 11.8 Å². The van der Waals surface area contributed by atoms with Gasteiger partial charge in [0.2, 0.25) is 0 Å². The molecule has 0 radical (unpaired) electrons. The number of nitrogen functional groups attached to an aromatic ring is 1. The molecule has 0 atom stereocenters. The topological polar surface area (TPSA) is 26.0 Å². The summed E-state index contributed by atoms with van der Waals surface area (Å²) >= 11 is 7.82. The molecule has 0 bridgehead atoms. The van der Waals surface area contributed by atoms with E-state index < -0.39 is 0 Å². The Kier molecular flexibility index (Phi) is 3.81. The maximum Gasteiger partial charge on any atom is 0.0646 e. The monoisotopic (exact) mass is 241 g/mol. The predicted octanol–water partition coefficient (Wildman–Crippen LogP) is 4.20. The molecule has 1 fully saturated rings. The summed E-state index contributed by atoms with van der Waals surface area (Å²) in [6.07, 6.45) is 5.56. The highest BCUT2D eigenvalue weighted by Gasteiger charge is 2.15. The van der Waals surface area contributed by atoms with Gasteiger partial charge in [0.25, 0.3) is 0 Å². The summed E-state index contributed by atoms with van der Waals surface area (Å²) in [6, 6.07) is 5.87. The van der Waals surface area contributed by atoms with Gasteiger partial charge in [0.05, 0.1) is 10.7 Å². The fourth-order valence-corrected chi connectivity index (χ4v) is 3.45. The summed E-state index contributed by atoms with van der Waals surface area (Å²) in [5.41, 5.74) is 6.65. The van der Waals surface area contributed by atoms with Crippen molar-refractivity contribution < 1.29 is 0 Å². The van der Waals surface area contributed by atoms with E-state index in [4.69, 9.17) is 17.3 Å². The van der Waals surface area contributed by atoms with Crippen LogP contribution in [0.2, 0.25) is 5.02 Å². The number of nitrogens with two attached hydrogens (primary N) is 1. The van der Waals surface area contributed by atoms with Crippen LogP contribution in [0.15, 0.2) is 23.1 Å². The minimum absolute atomic E-state index is 0.673. The van der Waals surface area contributed by atoms with Crippen molar-refractivity contribution in [2.75, 3.05) is 11.5 Å². The number of anilines is 1. The number of benzene rings is 1. The van der Waals surface area contributed by atoms with Gasteiger partial charge in [-0.25, -0.2) is 0 Å². The highest BCUT2D eigenvalue weighted by atomic mass is 35.5. The van der Waals surface area contributed by atoms with Crippen molar-refractivity contribution in [3.63, 3.8) is 0 Å². The Labute approximate surface area is 100 Å². The number of hydrogen-bond acceptors (Lipinski definition) is 2. The molecule has 0 saturated heterocycles. The maximum absolute atomic E-state index is 5.97. The molecular formula is C12H16ClNS. The standard InChI is InChI=1S/C12H16ClNS/c13-10-6-3-7-11(12(10)14)15-8-9-4-1-2-5-9/h3,6-7,9H,1-2,4-5,8,14H2. The molecule has 0 amide bonds. The Morgan fingerprint density at radius 3 is 2.80 bits per heavy atom. The summed E-state index contributed by atoms with van der Waals surface area (Å²) in [5, 5.41) is 0.673. The molecule has 0 heterocycles. The summed E-state index contributed by atoms with van der Waals surface area (Å²) in [5.74, 6) is 2.07. The van der Waals surface area contributed by atoms with Crippen molar-refractivity contribution in [3.05, 3.63) is 23.2 Å². The van der Waals surface area contributed by atoms with Crippen LogP contribution in [-0.4, -0.2) is 5.75 Å².